The average molecular weight is 206 g/mol. The van der Waals surface area contributed by atoms with E-state index >= 15 is 0 Å². The van der Waals surface area contributed by atoms with Gasteiger partial charge >= 0.3 is 0 Å². The molecule has 1 heterocycles. The van der Waals surface area contributed by atoms with E-state index in [1.807, 2.05) is 6.07 Å². The molecule has 4 heteroatoms. The number of nitrogens with zero attached hydrogens (tertiary/aromatic N) is 2. The normalized spacial score (nSPS) is 15.6. The molecular weight excluding hydrogens is 188 g/mol. The van der Waals surface area contributed by atoms with Crippen molar-refractivity contribution in [2.45, 2.75) is 18.9 Å². The first-order valence-electron chi connectivity index (χ1n) is 5.41. The van der Waals surface area contributed by atoms with Crippen LogP contribution in [-0.2, 0) is 0 Å². The number of nitrogens with one attached hydrogen (secondary N) is 1. The third-order valence-electron chi connectivity index (χ3n) is 2.80. The zero-order valence-electron chi connectivity index (χ0n) is 9.11. The van der Waals surface area contributed by atoms with Gasteiger partial charge < -0.3 is 16.0 Å². The Balaban J connectivity index is 1.75. The van der Waals surface area contributed by atoms with Crippen LogP contribution in [0.15, 0.2) is 18.5 Å². The van der Waals surface area contributed by atoms with Crippen LogP contribution in [0.5, 0.6) is 0 Å². The maximum atomic E-state index is 5.77. The first-order valence-corrected chi connectivity index (χ1v) is 5.41. The van der Waals surface area contributed by atoms with Crippen LogP contribution >= 0.6 is 0 Å². The second-order valence-corrected chi connectivity index (χ2v) is 4.10. The SMILES string of the molecule is CN(CCNc1ccncc1N)C1CC1. The Morgan fingerprint density at radius 1 is 1.60 bits per heavy atom. The third-order valence-corrected chi connectivity index (χ3v) is 2.80. The monoisotopic (exact) mass is 206 g/mol. The maximum Gasteiger partial charge on any atom is 0.0736 e. The van der Waals surface area contributed by atoms with E-state index in [2.05, 4.69) is 22.2 Å². The number of likely N-dealkylation sites (N-methyl/N-ethyl adjacent to an activating group) is 1. The van der Waals surface area contributed by atoms with Crippen molar-refractivity contribution in [3.05, 3.63) is 18.5 Å². The number of pyridine rings is 1. The summed E-state index contributed by atoms with van der Waals surface area (Å²) >= 11 is 0. The minimum Gasteiger partial charge on any atom is -0.396 e. The maximum absolute atomic E-state index is 5.77. The van der Waals surface area contributed by atoms with Crippen LogP contribution in [-0.4, -0.2) is 36.1 Å². The summed E-state index contributed by atoms with van der Waals surface area (Å²) in [7, 11) is 2.18. The van der Waals surface area contributed by atoms with Gasteiger partial charge in [-0.2, -0.15) is 0 Å². The number of aromatic nitrogens is 1. The highest BCUT2D eigenvalue weighted by molar-refractivity contribution is 5.64. The van der Waals surface area contributed by atoms with Gasteiger partial charge in [0.15, 0.2) is 0 Å². The van der Waals surface area contributed by atoms with E-state index in [0.29, 0.717) is 5.69 Å². The zero-order chi connectivity index (χ0) is 10.7. The Kier molecular flexibility index (Phi) is 3.06. The molecule has 15 heavy (non-hydrogen) atoms. The molecule has 2 rings (SSSR count). The van der Waals surface area contributed by atoms with Crippen molar-refractivity contribution in [1.82, 2.24) is 9.88 Å². The predicted octanol–water partition coefficient (Wildman–Crippen LogP) is 1.17. The van der Waals surface area contributed by atoms with Crippen LogP contribution in [0.25, 0.3) is 0 Å². The van der Waals surface area contributed by atoms with E-state index in [1.54, 1.807) is 12.4 Å². The summed E-state index contributed by atoms with van der Waals surface area (Å²) in [4.78, 5) is 6.34. The predicted molar refractivity (Wildman–Crippen MR) is 62.8 cm³/mol. The van der Waals surface area contributed by atoms with Crippen molar-refractivity contribution >= 4 is 11.4 Å². The van der Waals surface area contributed by atoms with Gasteiger partial charge in [-0.05, 0) is 26.0 Å². The molecule has 0 saturated heterocycles. The van der Waals surface area contributed by atoms with Gasteiger partial charge in [-0.1, -0.05) is 0 Å². The van der Waals surface area contributed by atoms with Gasteiger partial charge in [0, 0.05) is 25.3 Å². The van der Waals surface area contributed by atoms with E-state index in [9.17, 15) is 0 Å². The fourth-order valence-electron chi connectivity index (χ4n) is 1.63. The summed E-state index contributed by atoms with van der Waals surface area (Å²) in [6, 6.07) is 2.73. The van der Waals surface area contributed by atoms with Gasteiger partial charge in [0.05, 0.1) is 17.6 Å². The standard InChI is InChI=1S/C11H18N4/c1-15(9-2-3-9)7-6-14-11-4-5-13-8-10(11)12/h4-5,8-9H,2-3,6-7,12H2,1H3,(H,13,14). The lowest BCUT2D eigenvalue weighted by molar-refractivity contribution is 0.337. The number of hydrogen-bond donors (Lipinski definition) is 2. The molecule has 4 nitrogen and oxygen atoms in total. The summed E-state index contributed by atoms with van der Waals surface area (Å²) in [5.41, 5.74) is 7.47. The molecule has 0 amide bonds. The minimum atomic E-state index is 0.714. The number of hydrogen-bond acceptors (Lipinski definition) is 4. The fourth-order valence-corrected chi connectivity index (χ4v) is 1.63. The highest BCUT2D eigenvalue weighted by Crippen LogP contribution is 2.24. The molecule has 0 atom stereocenters. The Morgan fingerprint density at radius 3 is 3.07 bits per heavy atom. The lowest BCUT2D eigenvalue weighted by Crippen LogP contribution is -2.27. The highest BCUT2D eigenvalue weighted by Gasteiger charge is 2.25. The number of rotatable bonds is 5. The third kappa shape index (κ3) is 2.83. The summed E-state index contributed by atoms with van der Waals surface area (Å²) < 4.78 is 0. The topological polar surface area (TPSA) is 54.2 Å². The van der Waals surface area contributed by atoms with E-state index in [-0.39, 0.29) is 0 Å². The van der Waals surface area contributed by atoms with E-state index in [1.165, 1.54) is 12.8 Å². The molecule has 1 aliphatic rings. The molecule has 0 spiro atoms. The van der Waals surface area contributed by atoms with Crippen LogP contribution < -0.4 is 11.1 Å². The van der Waals surface area contributed by atoms with Crippen LogP contribution in [0.4, 0.5) is 11.4 Å². The van der Waals surface area contributed by atoms with Gasteiger partial charge in [0.1, 0.15) is 0 Å². The molecule has 0 bridgehead atoms. The summed E-state index contributed by atoms with van der Waals surface area (Å²) in [5, 5.41) is 3.32. The van der Waals surface area contributed by atoms with Crippen molar-refractivity contribution in [2.75, 3.05) is 31.2 Å². The van der Waals surface area contributed by atoms with Gasteiger partial charge in [-0.3, -0.25) is 4.98 Å². The summed E-state index contributed by atoms with van der Waals surface area (Å²) in [6.45, 7) is 1.99. The Labute approximate surface area is 90.5 Å². The van der Waals surface area contributed by atoms with Crippen LogP contribution in [0.2, 0.25) is 0 Å². The smallest absolute Gasteiger partial charge is 0.0736 e. The Morgan fingerprint density at radius 2 is 2.40 bits per heavy atom. The summed E-state index contributed by atoms with van der Waals surface area (Å²) in [6.07, 6.45) is 6.14. The fraction of sp³-hybridized carbons (Fsp3) is 0.545. The van der Waals surface area contributed by atoms with Crippen molar-refractivity contribution in [2.24, 2.45) is 0 Å². The van der Waals surface area contributed by atoms with Crippen LogP contribution in [0, 0.1) is 0 Å². The van der Waals surface area contributed by atoms with Crippen LogP contribution in [0.3, 0.4) is 0 Å². The molecular formula is C11H18N4. The highest BCUT2D eigenvalue weighted by atomic mass is 15.2. The molecule has 1 fully saturated rings. The average Bonchev–Trinajstić information content (AvgIpc) is 3.04. The molecule has 3 N–H and O–H groups in total. The van der Waals surface area contributed by atoms with Gasteiger partial charge in [-0.25, -0.2) is 0 Å². The molecule has 1 aliphatic carbocycles. The minimum absolute atomic E-state index is 0.714. The zero-order valence-corrected chi connectivity index (χ0v) is 9.11. The van der Waals surface area contributed by atoms with E-state index in [4.69, 9.17) is 5.73 Å². The molecule has 1 aromatic rings. The molecule has 0 aromatic carbocycles. The van der Waals surface area contributed by atoms with Gasteiger partial charge in [0.25, 0.3) is 0 Å². The molecule has 0 radical (unpaired) electrons. The second-order valence-electron chi connectivity index (χ2n) is 4.10. The lowest BCUT2D eigenvalue weighted by atomic mass is 10.3. The van der Waals surface area contributed by atoms with Crippen LogP contribution in [0.1, 0.15) is 12.8 Å². The molecule has 0 aliphatic heterocycles. The number of nitrogens with two attached hydrogens (primary N) is 1. The molecule has 82 valence electrons. The van der Waals surface area contributed by atoms with Gasteiger partial charge in [0.2, 0.25) is 0 Å². The lowest BCUT2D eigenvalue weighted by Gasteiger charge is -2.16. The Bertz CT molecular complexity index is 322. The van der Waals surface area contributed by atoms with Crippen molar-refractivity contribution in [3.8, 4) is 0 Å². The van der Waals surface area contributed by atoms with Crippen molar-refractivity contribution in [3.63, 3.8) is 0 Å². The number of nitrogen functional groups attached to an aromatic ring is 1. The van der Waals surface area contributed by atoms with Crippen molar-refractivity contribution in [1.29, 1.82) is 0 Å². The number of anilines is 2. The molecule has 1 saturated carbocycles. The first kappa shape index (κ1) is 10.2. The van der Waals surface area contributed by atoms with Crippen molar-refractivity contribution < 1.29 is 0 Å². The quantitative estimate of drug-likeness (QED) is 0.759. The van der Waals surface area contributed by atoms with E-state index < -0.39 is 0 Å². The summed E-state index contributed by atoms with van der Waals surface area (Å²) in [5.74, 6) is 0. The van der Waals surface area contributed by atoms with E-state index in [0.717, 1.165) is 24.8 Å². The first-order chi connectivity index (χ1) is 7.27. The second kappa shape index (κ2) is 4.49. The van der Waals surface area contributed by atoms with Gasteiger partial charge in [-0.15, -0.1) is 0 Å². The molecule has 0 unspecified atom stereocenters. The largest absolute Gasteiger partial charge is 0.396 e. The Hall–Kier alpha value is -1.29. The molecule has 1 aromatic heterocycles.